The van der Waals surface area contributed by atoms with Crippen LogP contribution in [0.1, 0.15) is 76.0 Å². The number of aryl methyl sites for hydroxylation is 1. The van der Waals surface area contributed by atoms with E-state index in [1.165, 1.54) is 57.9 Å². The Morgan fingerprint density at radius 2 is 1.90 bits per heavy atom. The minimum absolute atomic E-state index is 0.607. The molecule has 0 amide bonds. The molecule has 1 nitrogen and oxygen atoms in total. The molecule has 1 atom stereocenters. The Morgan fingerprint density at radius 3 is 2.75 bits per heavy atom. The first-order valence-electron chi connectivity index (χ1n) is 8.58. The molecule has 1 aromatic carbocycles. The zero-order chi connectivity index (χ0) is 14.2. The maximum Gasteiger partial charge on any atom is 0.0323 e. The highest BCUT2D eigenvalue weighted by molar-refractivity contribution is 5.32. The summed E-state index contributed by atoms with van der Waals surface area (Å²) in [6.07, 6.45) is 10.8. The van der Waals surface area contributed by atoms with E-state index in [2.05, 4.69) is 43.4 Å². The lowest BCUT2D eigenvalue weighted by Gasteiger charge is -2.26. The van der Waals surface area contributed by atoms with Crippen LogP contribution < -0.4 is 5.32 Å². The molecule has 0 aliphatic heterocycles. The van der Waals surface area contributed by atoms with Gasteiger partial charge < -0.3 is 5.32 Å². The van der Waals surface area contributed by atoms with E-state index in [0.717, 1.165) is 5.92 Å². The van der Waals surface area contributed by atoms with Crippen molar-refractivity contribution in [2.75, 3.05) is 6.54 Å². The van der Waals surface area contributed by atoms with Crippen LogP contribution in [0.25, 0.3) is 0 Å². The van der Waals surface area contributed by atoms with Crippen molar-refractivity contribution < 1.29 is 0 Å². The predicted octanol–water partition coefficient (Wildman–Crippen LogP) is 5.26. The van der Waals surface area contributed by atoms with Crippen LogP contribution >= 0.6 is 0 Å². The Labute approximate surface area is 125 Å². The highest BCUT2D eigenvalue weighted by Crippen LogP contribution is 2.29. The van der Waals surface area contributed by atoms with E-state index >= 15 is 0 Å². The van der Waals surface area contributed by atoms with Crippen molar-refractivity contribution in [1.29, 1.82) is 0 Å². The van der Waals surface area contributed by atoms with E-state index in [9.17, 15) is 0 Å². The van der Waals surface area contributed by atoms with Crippen molar-refractivity contribution in [3.05, 3.63) is 35.4 Å². The van der Waals surface area contributed by atoms with Crippen LogP contribution in [0.4, 0.5) is 0 Å². The normalized spacial score (nSPS) is 18.2. The third-order valence-corrected chi connectivity index (χ3v) is 4.47. The molecule has 0 bridgehead atoms. The molecular weight excluding hydrogens is 242 g/mol. The quantitative estimate of drug-likeness (QED) is 0.637. The van der Waals surface area contributed by atoms with Crippen LogP contribution in [-0.4, -0.2) is 6.54 Å². The predicted molar refractivity (Wildman–Crippen MR) is 88.0 cm³/mol. The van der Waals surface area contributed by atoms with Crippen LogP contribution in [0, 0.1) is 5.92 Å². The van der Waals surface area contributed by atoms with E-state index < -0.39 is 0 Å². The zero-order valence-corrected chi connectivity index (χ0v) is 13.3. The fourth-order valence-corrected chi connectivity index (χ4v) is 3.27. The van der Waals surface area contributed by atoms with Crippen molar-refractivity contribution >= 4 is 0 Å². The summed E-state index contributed by atoms with van der Waals surface area (Å²) in [5.74, 6) is 0.867. The maximum atomic E-state index is 3.78. The Kier molecular flexibility index (Phi) is 6.59. The molecule has 0 fully saturated rings. The molecule has 1 aromatic rings. The Morgan fingerprint density at radius 1 is 1.10 bits per heavy atom. The van der Waals surface area contributed by atoms with Gasteiger partial charge in [0.05, 0.1) is 0 Å². The van der Waals surface area contributed by atoms with Crippen molar-refractivity contribution in [3.63, 3.8) is 0 Å². The second-order valence-corrected chi connectivity index (χ2v) is 6.69. The lowest BCUT2D eigenvalue weighted by molar-refractivity contribution is 0.444. The van der Waals surface area contributed by atoms with Gasteiger partial charge in [-0.25, -0.2) is 0 Å². The number of benzene rings is 1. The first-order valence-corrected chi connectivity index (χ1v) is 8.58. The lowest BCUT2D eigenvalue weighted by Crippen LogP contribution is -2.26. The second-order valence-electron chi connectivity index (χ2n) is 6.69. The van der Waals surface area contributed by atoms with Crippen LogP contribution in [0.2, 0.25) is 0 Å². The average Bonchev–Trinajstić information content (AvgIpc) is 2.46. The van der Waals surface area contributed by atoms with E-state index in [0.29, 0.717) is 6.04 Å². The molecule has 1 aliphatic rings. The first kappa shape index (κ1) is 15.6. The monoisotopic (exact) mass is 273 g/mol. The fourth-order valence-electron chi connectivity index (χ4n) is 3.27. The molecule has 0 radical (unpaired) electrons. The van der Waals surface area contributed by atoms with E-state index in [1.54, 1.807) is 11.1 Å². The van der Waals surface area contributed by atoms with Gasteiger partial charge in [-0.1, -0.05) is 63.8 Å². The summed E-state index contributed by atoms with van der Waals surface area (Å²) in [7, 11) is 0. The van der Waals surface area contributed by atoms with Gasteiger partial charge in [-0.2, -0.15) is 0 Å². The molecular formula is C19H31N. The molecule has 1 N–H and O–H groups in total. The van der Waals surface area contributed by atoms with Gasteiger partial charge in [-0.15, -0.1) is 0 Å². The fraction of sp³-hybridized carbons (Fsp3) is 0.684. The van der Waals surface area contributed by atoms with E-state index in [-0.39, 0.29) is 0 Å². The van der Waals surface area contributed by atoms with Crippen molar-refractivity contribution in [2.24, 2.45) is 5.92 Å². The summed E-state index contributed by atoms with van der Waals surface area (Å²) in [5.41, 5.74) is 3.12. The van der Waals surface area contributed by atoms with Crippen molar-refractivity contribution in [3.8, 4) is 0 Å². The smallest absolute Gasteiger partial charge is 0.0323 e. The molecule has 20 heavy (non-hydrogen) atoms. The Bertz CT molecular complexity index is 383. The van der Waals surface area contributed by atoms with Crippen LogP contribution in [0.3, 0.4) is 0 Å². The summed E-state index contributed by atoms with van der Waals surface area (Å²) in [6.45, 7) is 5.82. The molecule has 0 saturated heterocycles. The van der Waals surface area contributed by atoms with Gasteiger partial charge in [0.1, 0.15) is 0 Å². The largest absolute Gasteiger partial charge is 0.310 e. The maximum absolute atomic E-state index is 3.78. The van der Waals surface area contributed by atoms with Gasteiger partial charge in [0.25, 0.3) is 0 Å². The minimum Gasteiger partial charge on any atom is -0.310 e. The van der Waals surface area contributed by atoms with Gasteiger partial charge in [-0.05, 0) is 49.3 Å². The van der Waals surface area contributed by atoms with E-state index in [4.69, 9.17) is 0 Å². The molecule has 0 aromatic heterocycles. The van der Waals surface area contributed by atoms with Crippen LogP contribution in [-0.2, 0) is 6.42 Å². The zero-order valence-electron chi connectivity index (χ0n) is 13.3. The molecule has 0 heterocycles. The summed E-state index contributed by atoms with van der Waals surface area (Å²) < 4.78 is 0. The summed E-state index contributed by atoms with van der Waals surface area (Å²) in [6, 6.07) is 9.58. The van der Waals surface area contributed by atoms with Gasteiger partial charge in [0.2, 0.25) is 0 Å². The van der Waals surface area contributed by atoms with Gasteiger partial charge in [0, 0.05) is 6.04 Å². The third-order valence-electron chi connectivity index (χ3n) is 4.47. The second kappa shape index (κ2) is 8.46. The number of nitrogens with one attached hydrogen (secondary N) is 1. The number of rotatable bonds is 8. The lowest BCUT2D eigenvalue weighted by atomic mass is 9.88. The van der Waals surface area contributed by atoms with E-state index in [1.807, 2.05) is 0 Å². The molecule has 2 rings (SSSR count). The highest BCUT2D eigenvalue weighted by Gasteiger charge is 2.18. The average molecular weight is 273 g/mol. The number of fused-ring (bicyclic) bond motifs is 1. The number of unbranched alkanes of at least 4 members (excludes halogenated alkanes) is 3. The Balaban J connectivity index is 1.63. The molecule has 1 unspecified atom stereocenters. The number of hydrogen-bond acceptors (Lipinski definition) is 1. The van der Waals surface area contributed by atoms with Crippen LogP contribution in [0.5, 0.6) is 0 Å². The summed E-state index contributed by atoms with van der Waals surface area (Å²) >= 11 is 0. The highest BCUT2D eigenvalue weighted by atomic mass is 14.9. The van der Waals surface area contributed by atoms with Gasteiger partial charge >= 0.3 is 0 Å². The van der Waals surface area contributed by atoms with Crippen molar-refractivity contribution in [1.82, 2.24) is 5.32 Å². The summed E-state index contributed by atoms with van der Waals surface area (Å²) in [5, 5.41) is 3.78. The topological polar surface area (TPSA) is 12.0 Å². The molecule has 1 aliphatic carbocycles. The van der Waals surface area contributed by atoms with Gasteiger partial charge in [0.15, 0.2) is 0 Å². The van der Waals surface area contributed by atoms with Gasteiger partial charge in [-0.3, -0.25) is 0 Å². The molecule has 112 valence electrons. The Hall–Kier alpha value is -0.820. The summed E-state index contributed by atoms with van der Waals surface area (Å²) in [4.78, 5) is 0. The molecule has 1 heteroatoms. The third kappa shape index (κ3) is 4.94. The standard InChI is InChI=1S/C19H31N/c1-16(2)10-5-3-4-8-15-20-19-14-9-12-17-11-6-7-13-18(17)19/h6-7,11,13,16,19-20H,3-5,8-10,12,14-15H2,1-2H3. The van der Waals surface area contributed by atoms with Crippen LogP contribution in [0.15, 0.2) is 24.3 Å². The molecule has 0 saturated carbocycles. The van der Waals surface area contributed by atoms with Crippen molar-refractivity contribution in [2.45, 2.75) is 71.3 Å². The number of hydrogen-bond donors (Lipinski definition) is 1. The minimum atomic E-state index is 0.607. The SMILES string of the molecule is CC(C)CCCCCCNC1CCCc2ccccc21. The molecule has 0 spiro atoms. The first-order chi connectivity index (χ1) is 9.77.